The lowest BCUT2D eigenvalue weighted by Crippen LogP contribution is -2.33. The van der Waals surface area contributed by atoms with Gasteiger partial charge in [-0.15, -0.1) is 0 Å². The van der Waals surface area contributed by atoms with E-state index in [9.17, 15) is 22.8 Å². The molecule has 0 fully saturated rings. The number of hydrogen-bond acceptors (Lipinski definition) is 5. The van der Waals surface area contributed by atoms with Gasteiger partial charge in [-0.1, -0.05) is 37.9 Å². The number of ether oxygens (including phenoxy) is 2. The summed E-state index contributed by atoms with van der Waals surface area (Å²) in [5, 5.41) is 14.7. The fourth-order valence-corrected chi connectivity index (χ4v) is 4.31. The number of aliphatic carboxylic acids is 1. The molecule has 2 unspecified atom stereocenters. The van der Waals surface area contributed by atoms with Crippen LogP contribution < -0.4 is 20.1 Å². The summed E-state index contributed by atoms with van der Waals surface area (Å²) in [5.41, 5.74) is 1.30. The van der Waals surface area contributed by atoms with Gasteiger partial charge in [0, 0.05) is 40.0 Å². The highest BCUT2D eigenvalue weighted by atomic mass is 35.5. The first-order valence-electron chi connectivity index (χ1n) is 13.0. The molecule has 1 amide bonds. The summed E-state index contributed by atoms with van der Waals surface area (Å²) < 4.78 is 50.7. The minimum Gasteiger partial charge on any atom is -0.496 e. The van der Waals surface area contributed by atoms with Crippen LogP contribution in [0.5, 0.6) is 11.5 Å². The van der Waals surface area contributed by atoms with Gasteiger partial charge in [0.15, 0.2) is 0 Å². The standard InChI is InChI=1S/C30H32ClF3N2O5/c1-4-18(2)26(36-21-8-5-19(6-9-21)29(39)35-14-13-28(37)38)17-41-22-10-12-24(27(16-22)40-3)23-11-7-20(15-25(23)31)30(32,33)34/h5-12,15-16,18,26,36H,4,13-14,17H2,1-3H3,(H,35,39)(H,37,38). The van der Waals surface area contributed by atoms with E-state index in [2.05, 4.69) is 24.5 Å². The van der Waals surface area contributed by atoms with E-state index >= 15 is 0 Å². The monoisotopic (exact) mass is 592 g/mol. The molecule has 220 valence electrons. The summed E-state index contributed by atoms with van der Waals surface area (Å²) in [4.78, 5) is 22.8. The fraction of sp³-hybridized carbons (Fsp3) is 0.333. The van der Waals surface area contributed by atoms with Crippen LogP contribution >= 0.6 is 11.6 Å². The fourth-order valence-electron chi connectivity index (χ4n) is 4.03. The Bertz CT molecular complexity index is 1350. The second-order valence-electron chi connectivity index (χ2n) is 9.48. The van der Waals surface area contributed by atoms with Gasteiger partial charge in [0.25, 0.3) is 5.91 Å². The van der Waals surface area contributed by atoms with Crippen molar-refractivity contribution in [1.82, 2.24) is 5.32 Å². The molecule has 7 nitrogen and oxygen atoms in total. The summed E-state index contributed by atoms with van der Waals surface area (Å²) in [5.74, 6) is -0.205. The lowest BCUT2D eigenvalue weighted by molar-refractivity contribution is -0.138. The molecule has 0 aromatic heterocycles. The maximum Gasteiger partial charge on any atom is 0.416 e. The summed E-state index contributed by atoms with van der Waals surface area (Å²) in [6.07, 6.45) is -3.77. The second-order valence-corrected chi connectivity index (χ2v) is 9.89. The molecule has 0 radical (unpaired) electrons. The van der Waals surface area contributed by atoms with Crippen molar-refractivity contribution in [1.29, 1.82) is 0 Å². The number of nitrogens with one attached hydrogen (secondary N) is 2. The third-order valence-electron chi connectivity index (χ3n) is 6.64. The Labute approximate surface area is 241 Å². The van der Waals surface area contributed by atoms with Gasteiger partial charge < -0.3 is 25.2 Å². The van der Waals surface area contributed by atoms with Crippen molar-refractivity contribution in [3.63, 3.8) is 0 Å². The van der Waals surface area contributed by atoms with Crippen molar-refractivity contribution in [3.8, 4) is 22.6 Å². The third kappa shape index (κ3) is 8.78. The minimum absolute atomic E-state index is 0.0448. The number of amides is 1. The summed E-state index contributed by atoms with van der Waals surface area (Å²) >= 11 is 6.19. The molecule has 0 aliphatic carbocycles. The molecule has 0 spiro atoms. The number of methoxy groups -OCH3 is 1. The highest BCUT2D eigenvalue weighted by molar-refractivity contribution is 6.33. The average molecular weight is 593 g/mol. The second kappa shape index (κ2) is 14.1. The highest BCUT2D eigenvalue weighted by Crippen LogP contribution is 2.40. The number of alkyl halides is 3. The molecule has 41 heavy (non-hydrogen) atoms. The zero-order valence-corrected chi connectivity index (χ0v) is 23.6. The molecule has 3 rings (SSSR count). The predicted molar refractivity (Wildman–Crippen MR) is 152 cm³/mol. The highest BCUT2D eigenvalue weighted by Gasteiger charge is 2.31. The van der Waals surface area contributed by atoms with Crippen molar-refractivity contribution in [2.45, 2.75) is 38.9 Å². The number of carboxylic acid groups (broad SMARTS) is 1. The number of benzene rings is 3. The van der Waals surface area contributed by atoms with E-state index in [0.29, 0.717) is 34.8 Å². The van der Waals surface area contributed by atoms with Gasteiger partial charge in [-0.3, -0.25) is 9.59 Å². The molecule has 0 saturated carbocycles. The average Bonchev–Trinajstić information content (AvgIpc) is 2.94. The van der Waals surface area contributed by atoms with Gasteiger partial charge >= 0.3 is 12.1 Å². The maximum atomic E-state index is 13.0. The van der Waals surface area contributed by atoms with Crippen LogP contribution in [0.4, 0.5) is 18.9 Å². The number of anilines is 1. The number of carbonyl (C=O) groups is 2. The van der Waals surface area contributed by atoms with Crippen LogP contribution in [0.3, 0.4) is 0 Å². The van der Waals surface area contributed by atoms with Crippen LogP contribution in [0.15, 0.2) is 60.7 Å². The Balaban J connectivity index is 1.70. The van der Waals surface area contributed by atoms with Crippen LogP contribution in [0.25, 0.3) is 11.1 Å². The molecular weight excluding hydrogens is 561 g/mol. The molecule has 3 aromatic rings. The van der Waals surface area contributed by atoms with E-state index in [1.54, 1.807) is 42.5 Å². The van der Waals surface area contributed by atoms with Crippen LogP contribution in [-0.4, -0.2) is 43.3 Å². The SMILES string of the molecule is CCC(C)C(COc1ccc(-c2ccc(C(F)(F)F)cc2Cl)c(OC)c1)Nc1ccc(C(=O)NCCC(=O)O)cc1. The maximum absolute atomic E-state index is 13.0. The van der Waals surface area contributed by atoms with E-state index in [0.717, 1.165) is 24.2 Å². The van der Waals surface area contributed by atoms with Crippen molar-refractivity contribution in [2.24, 2.45) is 5.92 Å². The van der Waals surface area contributed by atoms with E-state index in [4.69, 9.17) is 26.2 Å². The topological polar surface area (TPSA) is 96.9 Å². The Hall–Kier alpha value is -3.92. The lowest BCUT2D eigenvalue weighted by Gasteiger charge is -2.26. The number of carbonyl (C=O) groups excluding carboxylic acids is 1. The van der Waals surface area contributed by atoms with Gasteiger partial charge in [0.1, 0.15) is 18.1 Å². The molecule has 0 saturated heterocycles. The molecule has 3 aromatic carbocycles. The minimum atomic E-state index is -4.50. The number of rotatable bonds is 13. The van der Waals surface area contributed by atoms with Crippen LogP contribution in [0, 0.1) is 5.92 Å². The molecule has 0 heterocycles. The lowest BCUT2D eigenvalue weighted by atomic mass is 9.99. The first kappa shape index (κ1) is 31.6. The van der Waals surface area contributed by atoms with Crippen molar-refractivity contribution < 1.29 is 37.3 Å². The molecule has 0 bridgehead atoms. The van der Waals surface area contributed by atoms with Crippen molar-refractivity contribution in [2.75, 3.05) is 25.6 Å². The first-order valence-corrected chi connectivity index (χ1v) is 13.3. The van der Waals surface area contributed by atoms with Crippen molar-refractivity contribution in [3.05, 3.63) is 76.8 Å². The molecule has 2 atom stereocenters. The zero-order chi connectivity index (χ0) is 30.2. The van der Waals surface area contributed by atoms with E-state index in [1.165, 1.54) is 13.2 Å². The molecule has 0 aliphatic heterocycles. The largest absolute Gasteiger partial charge is 0.496 e. The van der Waals surface area contributed by atoms with Crippen molar-refractivity contribution >= 4 is 29.2 Å². The van der Waals surface area contributed by atoms with Crippen LogP contribution in [0.2, 0.25) is 5.02 Å². The Morgan fingerprint density at radius 1 is 1.02 bits per heavy atom. The smallest absolute Gasteiger partial charge is 0.416 e. The van der Waals surface area contributed by atoms with E-state index < -0.39 is 17.7 Å². The Morgan fingerprint density at radius 3 is 2.29 bits per heavy atom. The summed E-state index contributed by atoms with van der Waals surface area (Å²) in [6, 6.07) is 15.0. The van der Waals surface area contributed by atoms with Crippen LogP contribution in [-0.2, 0) is 11.0 Å². The predicted octanol–water partition coefficient (Wildman–Crippen LogP) is 7.14. The molecule has 0 aliphatic rings. The molecular formula is C30H32ClF3N2O5. The van der Waals surface area contributed by atoms with Gasteiger partial charge in [-0.2, -0.15) is 13.2 Å². The van der Waals surface area contributed by atoms with E-state index in [-0.39, 0.29) is 35.9 Å². The van der Waals surface area contributed by atoms with Gasteiger partial charge in [-0.05, 0) is 54.4 Å². The Kier molecular flexibility index (Phi) is 10.9. The quantitative estimate of drug-likeness (QED) is 0.195. The van der Waals surface area contributed by atoms with Gasteiger partial charge in [-0.25, -0.2) is 0 Å². The first-order chi connectivity index (χ1) is 19.4. The van der Waals surface area contributed by atoms with Crippen LogP contribution in [0.1, 0.15) is 42.6 Å². The summed E-state index contributed by atoms with van der Waals surface area (Å²) in [6.45, 7) is 4.50. The van der Waals surface area contributed by atoms with Gasteiger partial charge in [0.2, 0.25) is 0 Å². The molecule has 11 heteroatoms. The molecule has 3 N–H and O–H groups in total. The zero-order valence-electron chi connectivity index (χ0n) is 22.8. The van der Waals surface area contributed by atoms with Gasteiger partial charge in [0.05, 0.1) is 25.1 Å². The Morgan fingerprint density at radius 2 is 1.71 bits per heavy atom. The summed E-state index contributed by atoms with van der Waals surface area (Å²) in [7, 11) is 1.46. The number of carboxylic acids is 1. The van der Waals surface area contributed by atoms with E-state index in [1.807, 2.05) is 0 Å². The third-order valence-corrected chi connectivity index (χ3v) is 6.96. The number of halogens is 4. The number of hydrogen-bond donors (Lipinski definition) is 3. The normalized spacial score (nSPS) is 12.8.